The van der Waals surface area contributed by atoms with Crippen LogP contribution in [0.3, 0.4) is 0 Å². The van der Waals surface area contributed by atoms with Crippen LogP contribution < -0.4 is 5.32 Å². The number of carbonyl (C=O) groups excluding carboxylic acids is 2. The van der Waals surface area contributed by atoms with Crippen molar-refractivity contribution in [1.29, 1.82) is 0 Å². The van der Waals surface area contributed by atoms with E-state index in [1.807, 2.05) is 12.1 Å². The van der Waals surface area contributed by atoms with Gasteiger partial charge in [0.1, 0.15) is 17.0 Å². The average molecular weight is 389 g/mol. The summed E-state index contributed by atoms with van der Waals surface area (Å²) < 4.78 is 5.77. The summed E-state index contributed by atoms with van der Waals surface area (Å²) in [6.07, 6.45) is 0.588. The number of rotatable bonds is 3. The SMILES string of the molecule is CN1N=C(C(=O)Nc2nc(-c3cc4cc(Cl)ccc4o3)cs2)CCC1=O. The zero-order valence-corrected chi connectivity index (χ0v) is 15.2. The number of halogens is 1. The van der Waals surface area contributed by atoms with E-state index in [1.54, 1.807) is 17.5 Å². The highest BCUT2D eigenvalue weighted by Gasteiger charge is 2.22. The Hall–Kier alpha value is -2.71. The summed E-state index contributed by atoms with van der Waals surface area (Å²) in [6.45, 7) is 0. The van der Waals surface area contributed by atoms with Crippen molar-refractivity contribution in [1.82, 2.24) is 9.99 Å². The van der Waals surface area contributed by atoms with Crippen LogP contribution in [-0.4, -0.2) is 34.6 Å². The summed E-state index contributed by atoms with van der Waals surface area (Å²) in [4.78, 5) is 28.1. The van der Waals surface area contributed by atoms with Gasteiger partial charge < -0.3 is 4.42 Å². The van der Waals surface area contributed by atoms with E-state index < -0.39 is 0 Å². The molecule has 0 atom stereocenters. The van der Waals surface area contributed by atoms with Crippen LogP contribution in [0.4, 0.5) is 5.13 Å². The molecule has 3 heterocycles. The van der Waals surface area contributed by atoms with Crippen molar-refractivity contribution < 1.29 is 14.0 Å². The Bertz CT molecular complexity index is 1060. The van der Waals surface area contributed by atoms with Crippen molar-refractivity contribution in [3.63, 3.8) is 0 Å². The highest BCUT2D eigenvalue weighted by atomic mass is 35.5. The fraction of sp³-hybridized carbons (Fsp3) is 0.176. The number of amides is 2. The second kappa shape index (κ2) is 6.54. The predicted octanol–water partition coefficient (Wildman–Crippen LogP) is 3.76. The van der Waals surface area contributed by atoms with Crippen LogP contribution >= 0.6 is 22.9 Å². The Balaban J connectivity index is 1.53. The minimum Gasteiger partial charge on any atom is -0.454 e. The van der Waals surface area contributed by atoms with E-state index >= 15 is 0 Å². The van der Waals surface area contributed by atoms with Gasteiger partial charge in [-0.05, 0) is 24.3 Å². The summed E-state index contributed by atoms with van der Waals surface area (Å²) in [5.41, 5.74) is 1.64. The van der Waals surface area contributed by atoms with Crippen LogP contribution in [0.15, 0.2) is 39.2 Å². The summed E-state index contributed by atoms with van der Waals surface area (Å²) in [5.74, 6) is 0.129. The third-order valence-corrected chi connectivity index (χ3v) is 4.92. The van der Waals surface area contributed by atoms with E-state index in [0.29, 0.717) is 39.3 Å². The Morgan fingerprint density at radius 1 is 1.35 bits per heavy atom. The molecule has 0 spiro atoms. The van der Waals surface area contributed by atoms with Crippen LogP contribution in [0, 0.1) is 0 Å². The standard InChI is InChI=1S/C17H13ClN4O3S/c1-22-15(23)5-3-11(21-22)16(24)20-17-19-12(8-26-17)14-7-9-6-10(18)2-4-13(9)25-14/h2,4,6-8H,3,5H2,1H3,(H,19,20,24). The molecule has 4 rings (SSSR count). The Kier molecular flexibility index (Phi) is 4.21. The fourth-order valence-electron chi connectivity index (χ4n) is 2.59. The fourth-order valence-corrected chi connectivity index (χ4v) is 3.46. The quantitative estimate of drug-likeness (QED) is 0.740. The molecule has 1 aliphatic heterocycles. The molecular weight excluding hydrogens is 376 g/mol. The molecule has 0 saturated carbocycles. The first kappa shape index (κ1) is 16.7. The maximum Gasteiger partial charge on any atom is 0.273 e. The third kappa shape index (κ3) is 3.21. The highest BCUT2D eigenvalue weighted by Crippen LogP contribution is 2.31. The molecule has 3 aromatic rings. The smallest absolute Gasteiger partial charge is 0.273 e. The van der Waals surface area contributed by atoms with Gasteiger partial charge in [0.25, 0.3) is 5.91 Å². The lowest BCUT2D eigenvalue weighted by molar-refractivity contribution is -0.130. The molecule has 7 nitrogen and oxygen atoms in total. The monoisotopic (exact) mass is 388 g/mol. The first-order chi connectivity index (χ1) is 12.5. The van der Waals surface area contributed by atoms with Gasteiger partial charge in [-0.15, -0.1) is 11.3 Å². The van der Waals surface area contributed by atoms with Crippen molar-refractivity contribution in [2.45, 2.75) is 12.8 Å². The van der Waals surface area contributed by atoms with Crippen LogP contribution in [0.5, 0.6) is 0 Å². The normalized spacial score (nSPS) is 14.6. The first-order valence-electron chi connectivity index (χ1n) is 7.80. The number of fused-ring (bicyclic) bond motifs is 1. The van der Waals surface area contributed by atoms with E-state index in [0.717, 1.165) is 5.39 Å². The summed E-state index contributed by atoms with van der Waals surface area (Å²) >= 11 is 7.28. The lowest BCUT2D eigenvalue weighted by Crippen LogP contribution is -2.34. The maximum atomic E-state index is 12.3. The van der Waals surface area contributed by atoms with Crippen LogP contribution in [0.2, 0.25) is 5.02 Å². The second-order valence-corrected chi connectivity index (χ2v) is 7.04. The maximum absolute atomic E-state index is 12.3. The van der Waals surface area contributed by atoms with Crippen molar-refractivity contribution in [2.75, 3.05) is 12.4 Å². The number of anilines is 1. The van der Waals surface area contributed by atoms with Crippen molar-refractivity contribution >= 4 is 56.6 Å². The number of hydrogen-bond acceptors (Lipinski definition) is 6. The second-order valence-electron chi connectivity index (χ2n) is 5.75. The van der Waals surface area contributed by atoms with Gasteiger partial charge in [0.15, 0.2) is 10.9 Å². The molecule has 0 fully saturated rings. The van der Waals surface area contributed by atoms with E-state index in [2.05, 4.69) is 15.4 Å². The third-order valence-electron chi connectivity index (χ3n) is 3.92. The molecule has 26 heavy (non-hydrogen) atoms. The minimum atomic E-state index is -0.360. The lowest BCUT2D eigenvalue weighted by atomic mass is 10.1. The van der Waals surface area contributed by atoms with Crippen LogP contribution in [0.1, 0.15) is 12.8 Å². The van der Waals surface area contributed by atoms with E-state index in [9.17, 15) is 9.59 Å². The Morgan fingerprint density at radius 3 is 3.00 bits per heavy atom. The zero-order valence-electron chi connectivity index (χ0n) is 13.7. The Labute approximate surface area is 157 Å². The highest BCUT2D eigenvalue weighted by molar-refractivity contribution is 7.14. The molecule has 0 bridgehead atoms. The molecule has 9 heteroatoms. The predicted molar refractivity (Wildman–Crippen MR) is 100 cm³/mol. The summed E-state index contributed by atoms with van der Waals surface area (Å²) in [7, 11) is 1.53. The lowest BCUT2D eigenvalue weighted by Gasteiger charge is -2.18. The number of thiazole rings is 1. The van der Waals surface area contributed by atoms with Crippen LogP contribution in [0.25, 0.3) is 22.4 Å². The zero-order chi connectivity index (χ0) is 18.3. The number of hydrazone groups is 1. The van der Waals surface area contributed by atoms with E-state index in [1.165, 1.54) is 23.4 Å². The Morgan fingerprint density at radius 2 is 2.19 bits per heavy atom. The number of aromatic nitrogens is 1. The van der Waals surface area contributed by atoms with Crippen LogP contribution in [-0.2, 0) is 9.59 Å². The topological polar surface area (TPSA) is 87.8 Å². The largest absolute Gasteiger partial charge is 0.454 e. The number of carbonyl (C=O) groups is 2. The van der Waals surface area contributed by atoms with Gasteiger partial charge in [0.05, 0.1) is 0 Å². The van der Waals surface area contributed by atoms with Gasteiger partial charge in [-0.3, -0.25) is 14.9 Å². The van der Waals surface area contributed by atoms with Crippen molar-refractivity contribution in [3.8, 4) is 11.5 Å². The molecule has 0 aliphatic carbocycles. The average Bonchev–Trinajstić information content (AvgIpc) is 3.23. The molecule has 0 radical (unpaired) electrons. The molecule has 1 aliphatic rings. The van der Waals surface area contributed by atoms with Crippen molar-refractivity contribution in [2.24, 2.45) is 5.10 Å². The summed E-state index contributed by atoms with van der Waals surface area (Å²) in [6, 6.07) is 7.23. The molecule has 1 aromatic carbocycles. The van der Waals surface area contributed by atoms with Gasteiger partial charge in [-0.25, -0.2) is 9.99 Å². The van der Waals surface area contributed by atoms with Gasteiger partial charge in [-0.2, -0.15) is 5.10 Å². The van der Waals surface area contributed by atoms with Gasteiger partial charge in [-0.1, -0.05) is 11.6 Å². The molecule has 2 aromatic heterocycles. The van der Waals surface area contributed by atoms with E-state index in [-0.39, 0.29) is 18.2 Å². The number of hydrogen-bond donors (Lipinski definition) is 1. The molecule has 0 unspecified atom stereocenters. The molecule has 2 amide bonds. The van der Waals surface area contributed by atoms with Gasteiger partial charge in [0.2, 0.25) is 5.91 Å². The number of benzene rings is 1. The number of nitrogens with zero attached hydrogens (tertiary/aromatic N) is 3. The molecule has 1 N–H and O–H groups in total. The first-order valence-corrected chi connectivity index (χ1v) is 9.06. The molecule has 132 valence electrons. The summed E-state index contributed by atoms with van der Waals surface area (Å²) in [5, 5.41) is 11.6. The van der Waals surface area contributed by atoms with Gasteiger partial charge in [0, 0.05) is 35.7 Å². The van der Waals surface area contributed by atoms with Gasteiger partial charge >= 0.3 is 0 Å². The number of furan rings is 1. The number of nitrogens with one attached hydrogen (secondary N) is 1. The minimum absolute atomic E-state index is 0.108. The van der Waals surface area contributed by atoms with Crippen molar-refractivity contribution in [3.05, 3.63) is 34.7 Å². The van der Waals surface area contributed by atoms with E-state index in [4.69, 9.17) is 16.0 Å². The molecule has 0 saturated heterocycles. The molecular formula is C17H13ClN4O3S.